The lowest BCUT2D eigenvalue weighted by Gasteiger charge is -2.40. The molecule has 1 aromatic rings. The van der Waals surface area contributed by atoms with E-state index in [0.29, 0.717) is 18.9 Å². The predicted octanol–water partition coefficient (Wildman–Crippen LogP) is 2.93. The molecular weight excluding hydrogens is 440 g/mol. The summed E-state index contributed by atoms with van der Waals surface area (Å²) in [5, 5.41) is 20.0. The molecule has 0 saturated carbocycles. The standard InChI is InChI=1S/C17H26N2O3.2BrH/c1-2-19-7-5-11(6-8-19)15-9-13-12(16(10-18)22-15)3-4-14(20)17(13)21;;/h3-4,11,15-16,20-21H,2,5-10,18H2,1H3;2*1H/t15-,16-;;/m1../s1. The number of hydrogen-bond donors (Lipinski definition) is 3. The summed E-state index contributed by atoms with van der Waals surface area (Å²) in [6.07, 6.45) is 2.77. The molecule has 5 nitrogen and oxygen atoms in total. The predicted molar refractivity (Wildman–Crippen MR) is 106 cm³/mol. The van der Waals surface area contributed by atoms with Crippen molar-refractivity contribution in [1.29, 1.82) is 0 Å². The number of ether oxygens (including phenoxy) is 1. The fourth-order valence-corrected chi connectivity index (χ4v) is 3.79. The highest BCUT2D eigenvalue weighted by molar-refractivity contribution is 8.93. The number of piperidine rings is 1. The van der Waals surface area contributed by atoms with Crippen LogP contribution in [-0.4, -0.2) is 47.4 Å². The van der Waals surface area contributed by atoms with Crippen LogP contribution in [0.1, 0.15) is 37.0 Å². The van der Waals surface area contributed by atoms with Crippen molar-refractivity contribution in [3.8, 4) is 11.5 Å². The van der Waals surface area contributed by atoms with Gasteiger partial charge in [-0.2, -0.15) is 0 Å². The number of phenols is 2. The highest BCUT2D eigenvalue weighted by atomic mass is 79.9. The third kappa shape index (κ3) is 4.25. The normalized spacial score (nSPS) is 24.6. The maximum absolute atomic E-state index is 10.2. The second kappa shape index (κ2) is 9.38. The number of benzene rings is 1. The van der Waals surface area contributed by atoms with Crippen molar-refractivity contribution < 1.29 is 14.9 Å². The zero-order valence-corrected chi connectivity index (χ0v) is 17.4. The van der Waals surface area contributed by atoms with Crippen LogP contribution in [0.2, 0.25) is 0 Å². The molecule has 0 radical (unpaired) electrons. The van der Waals surface area contributed by atoms with Gasteiger partial charge in [0.2, 0.25) is 0 Å². The molecule has 2 heterocycles. The number of nitrogens with zero attached hydrogens (tertiary/aromatic N) is 1. The topological polar surface area (TPSA) is 79.0 Å². The molecule has 0 amide bonds. The van der Waals surface area contributed by atoms with Crippen molar-refractivity contribution in [2.45, 2.75) is 38.4 Å². The van der Waals surface area contributed by atoms with Gasteiger partial charge >= 0.3 is 0 Å². The van der Waals surface area contributed by atoms with Gasteiger partial charge in [-0.25, -0.2) is 0 Å². The van der Waals surface area contributed by atoms with Crippen molar-refractivity contribution in [3.05, 3.63) is 23.3 Å². The molecule has 2 aliphatic heterocycles. The Morgan fingerprint density at radius 1 is 1.21 bits per heavy atom. The number of likely N-dealkylation sites (tertiary alicyclic amines) is 1. The Labute approximate surface area is 164 Å². The average Bonchev–Trinajstić information content (AvgIpc) is 2.57. The summed E-state index contributed by atoms with van der Waals surface area (Å²) in [5.41, 5.74) is 7.59. The molecule has 2 atom stereocenters. The maximum Gasteiger partial charge on any atom is 0.161 e. The van der Waals surface area contributed by atoms with Gasteiger partial charge in [0.05, 0.1) is 12.2 Å². The van der Waals surface area contributed by atoms with Gasteiger partial charge < -0.3 is 25.6 Å². The quantitative estimate of drug-likeness (QED) is 0.595. The fraction of sp³-hybridized carbons (Fsp3) is 0.647. The first-order chi connectivity index (χ1) is 10.6. The van der Waals surface area contributed by atoms with Crippen molar-refractivity contribution >= 4 is 34.0 Å². The minimum Gasteiger partial charge on any atom is -0.504 e. The van der Waals surface area contributed by atoms with Crippen LogP contribution in [0.3, 0.4) is 0 Å². The van der Waals surface area contributed by atoms with Gasteiger partial charge in [0.1, 0.15) is 0 Å². The first-order valence-corrected chi connectivity index (χ1v) is 8.25. The van der Waals surface area contributed by atoms with E-state index in [1.807, 2.05) is 6.07 Å². The van der Waals surface area contributed by atoms with Crippen LogP contribution in [0, 0.1) is 5.92 Å². The van der Waals surface area contributed by atoms with Crippen LogP contribution in [0.25, 0.3) is 0 Å². The van der Waals surface area contributed by atoms with E-state index < -0.39 is 0 Å². The van der Waals surface area contributed by atoms with Crippen molar-refractivity contribution in [3.63, 3.8) is 0 Å². The van der Waals surface area contributed by atoms with E-state index in [0.717, 1.165) is 43.6 Å². The second-order valence-corrected chi connectivity index (χ2v) is 6.38. The van der Waals surface area contributed by atoms with E-state index in [9.17, 15) is 10.2 Å². The minimum absolute atomic E-state index is 0. The van der Waals surface area contributed by atoms with Gasteiger partial charge in [-0.1, -0.05) is 13.0 Å². The largest absolute Gasteiger partial charge is 0.504 e. The highest BCUT2D eigenvalue weighted by Gasteiger charge is 2.35. The number of nitrogens with two attached hydrogens (primary N) is 1. The summed E-state index contributed by atoms with van der Waals surface area (Å²) in [5.74, 6) is 0.429. The molecule has 0 unspecified atom stereocenters. The van der Waals surface area contributed by atoms with Crippen LogP contribution in [0.5, 0.6) is 11.5 Å². The van der Waals surface area contributed by atoms with E-state index in [-0.39, 0.29) is 57.7 Å². The molecule has 7 heteroatoms. The number of hydrogen-bond acceptors (Lipinski definition) is 5. The molecule has 0 bridgehead atoms. The number of aromatic hydroxyl groups is 2. The van der Waals surface area contributed by atoms with Crippen molar-refractivity contribution in [1.82, 2.24) is 4.90 Å². The number of halogens is 2. The molecule has 138 valence electrons. The Morgan fingerprint density at radius 2 is 1.88 bits per heavy atom. The van der Waals surface area contributed by atoms with Crippen LogP contribution < -0.4 is 5.73 Å². The lowest BCUT2D eigenvalue weighted by Crippen LogP contribution is -2.42. The molecule has 1 fully saturated rings. The lowest BCUT2D eigenvalue weighted by atomic mass is 9.83. The molecule has 0 aliphatic carbocycles. The summed E-state index contributed by atoms with van der Waals surface area (Å²) < 4.78 is 6.23. The number of fused-ring (bicyclic) bond motifs is 1. The smallest absolute Gasteiger partial charge is 0.161 e. The van der Waals surface area contributed by atoms with E-state index in [1.165, 1.54) is 6.07 Å². The molecule has 1 aromatic carbocycles. The average molecular weight is 468 g/mol. The molecule has 2 aliphatic rings. The van der Waals surface area contributed by atoms with E-state index in [1.54, 1.807) is 0 Å². The van der Waals surface area contributed by atoms with Crippen molar-refractivity contribution in [2.75, 3.05) is 26.2 Å². The Kier molecular flexibility index (Phi) is 8.48. The van der Waals surface area contributed by atoms with Gasteiger partial charge in [0.25, 0.3) is 0 Å². The summed E-state index contributed by atoms with van der Waals surface area (Å²) in [6.45, 7) is 5.89. The van der Waals surface area contributed by atoms with Gasteiger partial charge in [-0.05, 0) is 50.0 Å². The molecule has 0 aromatic heterocycles. The summed E-state index contributed by atoms with van der Waals surface area (Å²) in [4.78, 5) is 2.46. The highest BCUT2D eigenvalue weighted by Crippen LogP contribution is 2.42. The SMILES string of the molecule is Br.Br.CCN1CCC([C@H]2Cc3c(ccc(O)c3O)[C@@H](CN)O2)CC1. The lowest BCUT2D eigenvalue weighted by molar-refractivity contribution is -0.0644. The van der Waals surface area contributed by atoms with Crippen molar-refractivity contribution in [2.24, 2.45) is 11.7 Å². The zero-order chi connectivity index (χ0) is 15.7. The summed E-state index contributed by atoms with van der Waals surface area (Å²) in [7, 11) is 0. The molecular formula is C17H28Br2N2O3. The first-order valence-electron chi connectivity index (χ1n) is 8.25. The monoisotopic (exact) mass is 466 g/mol. The Morgan fingerprint density at radius 3 is 2.46 bits per heavy atom. The molecule has 24 heavy (non-hydrogen) atoms. The van der Waals surface area contributed by atoms with Crippen LogP contribution in [-0.2, 0) is 11.2 Å². The summed E-state index contributed by atoms with van der Waals surface area (Å²) in [6, 6.07) is 3.33. The van der Waals surface area contributed by atoms with Gasteiger partial charge in [-0.3, -0.25) is 0 Å². The van der Waals surface area contributed by atoms with Gasteiger partial charge in [0, 0.05) is 18.5 Å². The number of phenolic OH excluding ortho intramolecular Hbond substituents is 2. The van der Waals surface area contributed by atoms with E-state index in [4.69, 9.17) is 10.5 Å². The Bertz CT molecular complexity index is 537. The van der Waals surface area contributed by atoms with E-state index in [2.05, 4.69) is 11.8 Å². The van der Waals surface area contributed by atoms with Gasteiger partial charge in [0.15, 0.2) is 11.5 Å². The van der Waals surface area contributed by atoms with Gasteiger partial charge in [-0.15, -0.1) is 34.0 Å². The Balaban J connectivity index is 0.00000144. The molecule has 4 N–H and O–H groups in total. The molecule has 1 saturated heterocycles. The maximum atomic E-state index is 10.2. The first kappa shape index (κ1) is 21.7. The molecule has 3 rings (SSSR count). The Hall–Kier alpha value is -0.340. The molecule has 0 spiro atoms. The second-order valence-electron chi connectivity index (χ2n) is 6.38. The minimum atomic E-state index is -0.190. The van der Waals surface area contributed by atoms with Crippen LogP contribution >= 0.6 is 34.0 Å². The third-order valence-corrected chi connectivity index (χ3v) is 5.21. The van der Waals surface area contributed by atoms with Crippen LogP contribution in [0.15, 0.2) is 12.1 Å². The van der Waals surface area contributed by atoms with E-state index >= 15 is 0 Å². The third-order valence-electron chi connectivity index (χ3n) is 5.21. The van der Waals surface area contributed by atoms with Crippen LogP contribution in [0.4, 0.5) is 0 Å². The summed E-state index contributed by atoms with van der Waals surface area (Å²) >= 11 is 0. The zero-order valence-electron chi connectivity index (χ0n) is 14.0. The fourth-order valence-electron chi connectivity index (χ4n) is 3.79. The number of rotatable bonds is 3.